The van der Waals surface area contributed by atoms with Crippen molar-refractivity contribution in [3.8, 4) is 17.2 Å². The summed E-state index contributed by atoms with van der Waals surface area (Å²) < 4.78 is 1.75. The standard InChI is InChI=1S/C12H9N5/c1-2-4-10(5-3-1)17-12(15-9-16-17)11-6-7-13-8-14-11/h1-9H. The van der Waals surface area contributed by atoms with Gasteiger partial charge in [0.15, 0.2) is 5.82 Å². The number of hydrogen-bond donors (Lipinski definition) is 0. The fourth-order valence-electron chi connectivity index (χ4n) is 1.60. The zero-order valence-electron chi connectivity index (χ0n) is 8.93. The van der Waals surface area contributed by atoms with Crippen molar-refractivity contribution in [2.75, 3.05) is 0 Å². The van der Waals surface area contributed by atoms with Crippen LogP contribution in [0.2, 0.25) is 0 Å². The second-order valence-electron chi connectivity index (χ2n) is 3.43. The number of nitrogens with zero attached hydrogens (tertiary/aromatic N) is 5. The van der Waals surface area contributed by atoms with Gasteiger partial charge in [0.1, 0.15) is 18.3 Å². The van der Waals surface area contributed by atoms with E-state index in [0.717, 1.165) is 11.4 Å². The Morgan fingerprint density at radius 1 is 0.882 bits per heavy atom. The lowest BCUT2D eigenvalue weighted by Crippen LogP contribution is -2.00. The van der Waals surface area contributed by atoms with Crippen LogP contribution in [0.3, 0.4) is 0 Å². The molecule has 2 heterocycles. The average molecular weight is 223 g/mol. The molecule has 0 atom stereocenters. The van der Waals surface area contributed by atoms with Crippen LogP contribution in [0.4, 0.5) is 0 Å². The maximum absolute atomic E-state index is 4.22. The Hall–Kier alpha value is -2.56. The van der Waals surface area contributed by atoms with E-state index >= 15 is 0 Å². The monoisotopic (exact) mass is 223 g/mol. The van der Waals surface area contributed by atoms with Gasteiger partial charge in [-0.15, -0.1) is 0 Å². The lowest BCUT2D eigenvalue weighted by Gasteiger charge is -2.04. The first kappa shape index (κ1) is 9.65. The van der Waals surface area contributed by atoms with Crippen LogP contribution in [-0.4, -0.2) is 24.7 Å². The van der Waals surface area contributed by atoms with Crippen molar-refractivity contribution in [2.45, 2.75) is 0 Å². The van der Waals surface area contributed by atoms with Gasteiger partial charge in [0, 0.05) is 6.20 Å². The van der Waals surface area contributed by atoms with Crippen molar-refractivity contribution in [1.29, 1.82) is 0 Å². The van der Waals surface area contributed by atoms with Crippen molar-refractivity contribution in [3.05, 3.63) is 55.2 Å². The molecule has 1 aromatic carbocycles. The summed E-state index contributed by atoms with van der Waals surface area (Å²) in [5.41, 5.74) is 1.71. The highest BCUT2D eigenvalue weighted by Gasteiger charge is 2.09. The van der Waals surface area contributed by atoms with E-state index < -0.39 is 0 Å². The predicted octanol–water partition coefficient (Wildman–Crippen LogP) is 1.72. The average Bonchev–Trinajstić information content (AvgIpc) is 2.90. The van der Waals surface area contributed by atoms with E-state index in [-0.39, 0.29) is 0 Å². The number of para-hydroxylation sites is 1. The number of aromatic nitrogens is 5. The fraction of sp³-hybridized carbons (Fsp3) is 0. The van der Waals surface area contributed by atoms with Crippen LogP contribution in [-0.2, 0) is 0 Å². The predicted molar refractivity (Wildman–Crippen MR) is 62.4 cm³/mol. The Bertz CT molecular complexity index is 549. The first-order valence-electron chi connectivity index (χ1n) is 5.17. The van der Waals surface area contributed by atoms with Crippen LogP contribution in [0.5, 0.6) is 0 Å². The van der Waals surface area contributed by atoms with E-state index in [1.165, 1.54) is 12.7 Å². The Morgan fingerprint density at radius 2 is 1.76 bits per heavy atom. The van der Waals surface area contributed by atoms with Gasteiger partial charge in [-0.25, -0.2) is 19.6 Å². The lowest BCUT2D eigenvalue weighted by molar-refractivity contribution is 0.881. The first-order chi connectivity index (χ1) is 8.45. The molecule has 0 bridgehead atoms. The minimum Gasteiger partial charge on any atom is -0.245 e. The third-order valence-corrected chi connectivity index (χ3v) is 2.36. The van der Waals surface area contributed by atoms with Gasteiger partial charge in [0.2, 0.25) is 0 Å². The van der Waals surface area contributed by atoms with Crippen LogP contribution in [0.25, 0.3) is 17.2 Å². The summed E-state index contributed by atoms with van der Waals surface area (Å²) in [5, 5.41) is 4.21. The van der Waals surface area contributed by atoms with Crippen molar-refractivity contribution < 1.29 is 0 Å². The fourth-order valence-corrected chi connectivity index (χ4v) is 1.60. The molecule has 0 aliphatic carbocycles. The largest absolute Gasteiger partial charge is 0.245 e. The summed E-state index contributed by atoms with van der Waals surface area (Å²) >= 11 is 0. The van der Waals surface area contributed by atoms with E-state index in [0.29, 0.717) is 5.82 Å². The van der Waals surface area contributed by atoms with Gasteiger partial charge in [-0.3, -0.25) is 0 Å². The maximum Gasteiger partial charge on any atom is 0.181 e. The molecule has 17 heavy (non-hydrogen) atoms. The van der Waals surface area contributed by atoms with E-state index in [1.54, 1.807) is 10.9 Å². The van der Waals surface area contributed by atoms with Crippen LogP contribution in [0, 0.1) is 0 Å². The summed E-state index contributed by atoms with van der Waals surface area (Å²) in [7, 11) is 0. The molecule has 0 radical (unpaired) electrons. The Morgan fingerprint density at radius 3 is 2.53 bits per heavy atom. The van der Waals surface area contributed by atoms with E-state index in [4.69, 9.17) is 0 Å². The van der Waals surface area contributed by atoms with Crippen LogP contribution in [0.15, 0.2) is 55.2 Å². The molecule has 3 rings (SSSR count). The third-order valence-electron chi connectivity index (χ3n) is 2.36. The zero-order chi connectivity index (χ0) is 11.5. The zero-order valence-corrected chi connectivity index (χ0v) is 8.93. The molecular formula is C12H9N5. The van der Waals surface area contributed by atoms with Gasteiger partial charge in [0.25, 0.3) is 0 Å². The second-order valence-corrected chi connectivity index (χ2v) is 3.43. The molecule has 2 aromatic heterocycles. The van der Waals surface area contributed by atoms with Crippen molar-refractivity contribution >= 4 is 0 Å². The molecule has 3 aromatic rings. The molecule has 0 aliphatic rings. The van der Waals surface area contributed by atoms with Crippen LogP contribution >= 0.6 is 0 Å². The molecular weight excluding hydrogens is 214 g/mol. The molecule has 0 amide bonds. The van der Waals surface area contributed by atoms with Crippen molar-refractivity contribution in [2.24, 2.45) is 0 Å². The number of rotatable bonds is 2. The molecule has 5 nitrogen and oxygen atoms in total. The summed E-state index contributed by atoms with van der Waals surface area (Å²) in [6, 6.07) is 11.6. The van der Waals surface area contributed by atoms with Gasteiger partial charge < -0.3 is 0 Å². The summed E-state index contributed by atoms with van der Waals surface area (Å²) in [4.78, 5) is 12.3. The number of hydrogen-bond acceptors (Lipinski definition) is 4. The van der Waals surface area contributed by atoms with Crippen LogP contribution in [0.1, 0.15) is 0 Å². The van der Waals surface area contributed by atoms with Crippen molar-refractivity contribution in [1.82, 2.24) is 24.7 Å². The maximum atomic E-state index is 4.22. The molecule has 0 unspecified atom stereocenters. The topological polar surface area (TPSA) is 56.5 Å². The van der Waals surface area contributed by atoms with Crippen molar-refractivity contribution in [3.63, 3.8) is 0 Å². The molecule has 0 fully saturated rings. The normalized spacial score (nSPS) is 10.4. The minimum absolute atomic E-state index is 0.707. The van der Waals surface area contributed by atoms with E-state index in [2.05, 4.69) is 20.1 Å². The Labute approximate surface area is 97.8 Å². The van der Waals surface area contributed by atoms with E-state index in [9.17, 15) is 0 Å². The lowest BCUT2D eigenvalue weighted by atomic mass is 10.3. The number of benzene rings is 1. The van der Waals surface area contributed by atoms with Gasteiger partial charge >= 0.3 is 0 Å². The summed E-state index contributed by atoms with van der Waals surface area (Å²) in [6.07, 6.45) is 4.70. The highest BCUT2D eigenvalue weighted by atomic mass is 15.3. The first-order valence-corrected chi connectivity index (χ1v) is 5.17. The molecule has 0 aliphatic heterocycles. The van der Waals surface area contributed by atoms with E-state index in [1.807, 2.05) is 36.4 Å². The molecule has 0 spiro atoms. The Kier molecular flexibility index (Phi) is 2.34. The highest BCUT2D eigenvalue weighted by molar-refractivity contribution is 5.51. The molecule has 0 N–H and O–H groups in total. The molecule has 82 valence electrons. The van der Waals surface area contributed by atoms with Gasteiger partial charge in [0.05, 0.1) is 5.69 Å². The Balaban J connectivity index is 2.13. The smallest absolute Gasteiger partial charge is 0.181 e. The second kappa shape index (κ2) is 4.13. The molecule has 0 saturated carbocycles. The van der Waals surface area contributed by atoms with Gasteiger partial charge in [-0.2, -0.15) is 5.10 Å². The quantitative estimate of drug-likeness (QED) is 0.663. The molecule has 0 saturated heterocycles. The molecule has 5 heteroatoms. The van der Waals surface area contributed by atoms with Gasteiger partial charge in [-0.05, 0) is 18.2 Å². The summed E-state index contributed by atoms with van der Waals surface area (Å²) in [5.74, 6) is 0.707. The van der Waals surface area contributed by atoms with Crippen LogP contribution < -0.4 is 0 Å². The minimum atomic E-state index is 0.707. The SMILES string of the molecule is c1ccc(-n2ncnc2-c2ccncn2)cc1. The third kappa shape index (κ3) is 1.78. The van der Waals surface area contributed by atoms with Gasteiger partial charge in [-0.1, -0.05) is 18.2 Å². The summed E-state index contributed by atoms with van der Waals surface area (Å²) in [6.45, 7) is 0. The highest BCUT2D eigenvalue weighted by Crippen LogP contribution is 2.16.